The summed E-state index contributed by atoms with van der Waals surface area (Å²) in [6.07, 6.45) is 0.951. The Hall–Kier alpha value is -3.67. The maximum atomic E-state index is 13.3. The molecule has 0 amide bonds. The quantitative estimate of drug-likeness (QED) is 0.480. The van der Waals surface area contributed by atoms with Crippen molar-refractivity contribution in [1.82, 2.24) is 9.97 Å². The standard InChI is InChI=1S/C25H23FN4O/c1-16-14-17-6-3-4-7-18(17)15-30(16)24-21-8-5-9-22(31-2)23(21)28-25(29-24)27-20-12-10-19(26)11-13-20/h3-13,16H,14-15H2,1-2H3,(H,27,28,29). The highest BCUT2D eigenvalue weighted by Crippen LogP contribution is 2.36. The van der Waals surface area contributed by atoms with Gasteiger partial charge in [-0.25, -0.2) is 9.37 Å². The average molecular weight is 414 g/mol. The normalized spacial score (nSPS) is 15.6. The van der Waals surface area contributed by atoms with Gasteiger partial charge in [0.2, 0.25) is 5.95 Å². The van der Waals surface area contributed by atoms with Gasteiger partial charge in [0.15, 0.2) is 0 Å². The van der Waals surface area contributed by atoms with E-state index in [1.807, 2.05) is 18.2 Å². The maximum absolute atomic E-state index is 13.3. The summed E-state index contributed by atoms with van der Waals surface area (Å²) in [7, 11) is 1.64. The van der Waals surface area contributed by atoms with E-state index in [0.29, 0.717) is 11.7 Å². The molecule has 0 saturated heterocycles. The number of benzene rings is 3. The summed E-state index contributed by atoms with van der Waals surface area (Å²) in [4.78, 5) is 11.9. The van der Waals surface area contributed by atoms with Crippen LogP contribution in [-0.4, -0.2) is 23.1 Å². The molecule has 1 aliphatic rings. The molecular formula is C25H23FN4O. The van der Waals surface area contributed by atoms with Gasteiger partial charge in [0.1, 0.15) is 22.9 Å². The van der Waals surface area contributed by atoms with Gasteiger partial charge in [-0.15, -0.1) is 0 Å². The van der Waals surface area contributed by atoms with E-state index in [1.165, 1.54) is 23.3 Å². The molecule has 31 heavy (non-hydrogen) atoms. The summed E-state index contributed by atoms with van der Waals surface area (Å²) in [5, 5.41) is 4.16. The van der Waals surface area contributed by atoms with Crippen molar-refractivity contribution in [1.29, 1.82) is 0 Å². The SMILES string of the molecule is COc1cccc2c(N3Cc4ccccc4CC3C)nc(Nc3ccc(F)cc3)nc12. The number of nitrogens with one attached hydrogen (secondary N) is 1. The van der Waals surface area contributed by atoms with Gasteiger partial charge in [-0.2, -0.15) is 4.98 Å². The summed E-state index contributed by atoms with van der Waals surface area (Å²) in [5.41, 5.74) is 4.15. The number of ether oxygens (including phenoxy) is 1. The van der Waals surface area contributed by atoms with Crippen molar-refractivity contribution in [2.75, 3.05) is 17.3 Å². The Balaban J connectivity index is 1.63. The van der Waals surface area contributed by atoms with Crippen molar-refractivity contribution in [3.05, 3.63) is 83.7 Å². The van der Waals surface area contributed by atoms with E-state index in [1.54, 1.807) is 19.2 Å². The number of anilines is 3. The molecule has 1 atom stereocenters. The number of hydrogen-bond donors (Lipinski definition) is 1. The molecule has 2 heterocycles. The Kier molecular flexibility index (Phi) is 4.90. The summed E-state index contributed by atoms with van der Waals surface area (Å²) in [6, 6.07) is 20.9. The lowest BCUT2D eigenvalue weighted by molar-refractivity contribution is 0.419. The van der Waals surface area contributed by atoms with Crippen molar-refractivity contribution in [3.8, 4) is 5.75 Å². The first-order valence-corrected chi connectivity index (χ1v) is 10.3. The number of fused-ring (bicyclic) bond motifs is 2. The molecule has 1 aromatic heterocycles. The van der Waals surface area contributed by atoms with E-state index < -0.39 is 0 Å². The lowest BCUT2D eigenvalue weighted by Crippen LogP contribution is -2.39. The zero-order valence-corrected chi connectivity index (χ0v) is 17.5. The molecule has 3 aromatic carbocycles. The number of rotatable bonds is 4. The molecule has 0 aliphatic carbocycles. The Labute approximate surface area is 180 Å². The summed E-state index contributed by atoms with van der Waals surface area (Å²) in [5.74, 6) is 1.71. The summed E-state index contributed by atoms with van der Waals surface area (Å²) >= 11 is 0. The molecule has 4 aromatic rings. The number of methoxy groups -OCH3 is 1. The highest BCUT2D eigenvalue weighted by atomic mass is 19.1. The van der Waals surface area contributed by atoms with Gasteiger partial charge in [-0.1, -0.05) is 30.3 Å². The number of halogens is 1. The second-order valence-corrected chi connectivity index (χ2v) is 7.81. The van der Waals surface area contributed by atoms with E-state index in [0.717, 1.165) is 35.4 Å². The summed E-state index contributed by atoms with van der Waals surface area (Å²) < 4.78 is 18.9. The van der Waals surface area contributed by atoms with Crippen LogP contribution in [0.5, 0.6) is 5.75 Å². The van der Waals surface area contributed by atoms with Crippen molar-refractivity contribution in [2.45, 2.75) is 25.9 Å². The molecule has 156 valence electrons. The number of nitrogens with zero attached hydrogens (tertiary/aromatic N) is 3. The average Bonchev–Trinajstić information content (AvgIpc) is 2.79. The molecule has 1 N–H and O–H groups in total. The molecule has 0 spiro atoms. The molecule has 1 aliphatic heterocycles. The number of aromatic nitrogens is 2. The van der Waals surface area contributed by atoms with E-state index in [9.17, 15) is 4.39 Å². The minimum atomic E-state index is -0.284. The largest absolute Gasteiger partial charge is 0.494 e. The maximum Gasteiger partial charge on any atom is 0.229 e. The van der Waals surface area contributed by atoms with Gasteiger partial charge in [-0.05, 0) is 60.9 Å². The highest BCUT2D eigenvalue weighted by molar-refractivity contribution is 5.94. The van der Waals surface area contributed by atoms with Crippen LogP contribution in [0.1, 0.15) is 18.1 Å². The van der Waals surface area contributed by atoms with Crippen molar-refractivity contribution in [2.24, 2.45) is 0 Å². The monoisotopic (exact) mass is 414 g/mol. The molecule has 1 unspecified atom stereocenters. The fraction of sp³-hybridized carbons (Fsp3) is 0.200. The third-order valence-electron chi connectivity index (χ3n) is 5.77. The van der Waals surface area contributed by atoms with Crippen molar-refractivity contribution >= 4 is 28.4 Å². The predicted octanol–water partition coefficient (Wildman–Crippen LogP) is 5.47. The van der Waals surface area contributed by atoms with E-state index in [-0.39, 0.29) is 11.9 Å². The second kappa shape index (κ2) is 7.87. The smallest absolute Gasteiger partial charge is 0.229 e. The fourth-order valence-corrected chi connectivity index (χ4v) is 4.17. The summed E-state index contributed by atoms with van der Waals surface area (Å²) in [6.45, 7) is 2.99. The first kappa shape index (κ1) is 19.3. The zero-order chi connectivity index (χ0) is 21.4. The minimum absolute atomic E-state index is 0.276. The Morgan fingerprint density at radius 1 is 0.968 bits per heavy atom. The van der Waals surface area contributed by atoms with Crippen molar-refractivity contribution in [3.63, 3.8) is 0 Å². The van der Waals surface area contributed by atoms with Gasteiger partial charge >= 0.3 is 0 Å². The molecule has 0 saturated carbocycles. The number of para-hydroxylation sites is 1. The third-order valence-corrected chi connectivity index (χ3v) is 5.77. The lowest BCUT2D eigenvalue weighted by Gasteiger charge is -2.36. The topological polar surface area (TPSA) is 50.3 Å². The van der Waals surface area contributed by atoms with Crippen LogP contribution in [0.2, 0.25) is 0 Å². The zero-order valence-electron chi connectivity index (χ0n) is 17.5. The van der Waals surface area contributed by atoms with Gasteiger partial charge in [0.05, 0.1) is 7.11 Å². The molecule has 0 bridgehead atoms. The number of hydrogen-bond acceptors (Lipinski definition) is 5. The Morgan fingerprint density at radius 3 is 2.52 bits per heavy atom. The Morgan fingerprint density at radius 2 is 1.74 bits per heavy atom. The lowest BCUT2D eigenvalue weighted by atomic mass is 9.94. The van der Waals surface area contributed by atoms with Gasteiger partial charge in [0, 0.05) is 23.7 Å². The van der Waals surface area contributed by atoms with Crippen LogP contribution in [0.15, 0.2) is 66.7 Å². The predicted molar refractivity (Wildman–Crippen MR) is 122 cm³/mol. The van der Waals surface area contributed by atoms with Gasteiger partial charge < -0.3 is 15.0 Å². The molecule has 6 heteroatoms. The van der Waals surface area contributed by atoms with E-state index >= 15 is 0 Å². The molecule has 5 nitrogen and oxygen atoms in total. The molecular weight excluding hydrogens is 391 g/mol. The van der Waals surface area contributed by atoms with Crippen LogP contribution < -0.4 is 15.0 Å². The molecule has 0 fully saturated rings. The first-order valence-electron chi connectivity index (χ1n) is 10.3. The van der Waals surface area contributed by atoms with Gasteiger partial charge in [0.25, 0.3) is 0 Å². The van der Waals surface area contributed by atoms with Crippen LogP contribution >= 0.6 is 0 Å². The van der Waals surface area contributed by atoms with Crippen molar-refractivity contribution < 1.29 is 9.13 Å². The molecule has 0 radical (unpaired) electrons. The minimum Gasteiger partial charge on any atom is -0.494 e. The Bertz CT molecular complexity index is 1240. The second-order valence-electron chi connectivity index (χ2n) is 7.81. The van der Waals surface area contributed by atoms with Crippen LogP contribution in [0.25, 0.3) is 10.9 Å². The van der Waals surface area contributed by atoms with E-state index in [2.05, 4.69) is 41.4 Å². The van der Waals surface area contributed by atoms with Crippen LogP contribution in [0, 0.1) is 5.82 Å². The van der Waals surface area contributed by atoms with Gasteiger partial charge in [-0.3, -0.25) is 0 Å². The fourth-order valence-electron chi connectivity index (χ4n) is 4.17. The first-order chi connectivity index (χ1) is 15.1. The van der Waals surface area contributed by atoms with Crippen LogP contribution in [0.4, 0.5) is 21.8 Å². The van der Waals surface area contributed by atoms with Crippen LogP contribution in [0.3, 0.4) is 0 Å². The van der Waals surface area contributed by atoms with Crippen LogP contribution in [-0.2, 0) is 13.0 Å². The van der Waals surface area contributed by atoms with E-state index in [4.69, 9.17) is 14.7 Å². The molecule has 5 rings (SSSR count). The third kappa shape index (κ3) is 3.65. The highest BCUT2D eigenvalue weighted by Gasteiger charge is 2.26.